The van der Waals surface area contributed by atoms with Gasteiger partial charge in [-0.1, -0.05) is 19.9 Å². The van der Waals surface area contributed by atoms with Crippen molar-refractivity contribution >= 4 is 34.4 Å². The molecule has 2 nitrogen and oxygen atoms in total. The van der Waals surface area contributed by atoms with E-state index >= 15 is 0 Å². The summed E-state index contributed by atoms with van der Waals surface area (Å²) < 4.78 is 16.2. The highest BCUT2D eigenvalue weighted by atomic mass is 35.5. The van der Waals surface area contributed by atoms with Gasteiger partial charge in [0.25, 0.3) is 0 Å². The number of fused-ring (bicyclic) bond motifs is 1. The van der Waals surface area contributed by atoms with Gasteiger partial charge in [-0.3, -0.25) is 0 Å². The van der Waals surface area contributed by atoms with Gasteiger partial charge in [-0.05, 0) is 38.2 Å². The molecule has 0 radical (unpaired) electrons. The van der Waals surface area contributed by atoms with E-state index in [-0.39, 0.29) is 15.9 Å². The number of halogens is 2. The number of rotatable bonds is 6. The van der Waals surface area contributed by atoms with Crippen LogP contribution in [0.4, 0.5) is 4.39 Å². The second-order valence-corrected chi connectivity index (χ2v) is 7.30. The van der Waals surface area contributed by atoms with Gasteiger partial charge in [0.15, 0.2) is 5.82 Å². The first kappa shape index (κ1) is 16.6. The highest BCUT2D eigenvalue weighted by molar-refractivity contribution is 8.00. The Hall–Kier alpha value is -0.740. The molecule has 0 spiro atoms. The summed E-state index contributed by atoms with van der Waals surface area (Å²) in [5.74, 6) is 0.463. The maximum Gasteiger partial charge on any atom is 0.151 e. The average molecular weight is 329 g/mol. The maximum atomic E-state index is 14.0. The molecule has 5 heteroatoms. The van der Waals surface area contributed by atoms with Crippen LogP contribution in [0.5, 0.6) is 0 Å². The summed E-state index contributed by atoms with van der Waals surface area (Å²) >= 11 is 8.14. The van der Waals surface area contributed by atoms with E-state index in [0.29, 0.717) is 5.52 Å². The minimum absolute atomic E-state index is 0.125. The number of hydrogen-bond acceptors (Lipinski definition) is 2. The lowest BCUT2D eigenvalue weighted by molar-refractivity contribution is 0.463. The van der Waals surface area contributed by atoms with E-state index in [9.17, 15) is 4.39 Å². The second-order valence-electron chi connectivity index (χ2n) is 5.37. The Morgan fingerprint density at radius 2 is 2.05 bits per heavy atom. The van der Waals surface area contributed by atoms with E-state index in [1.54, 1.807) is 6.07 Å². The van der Waals surface area contributed by atoms with Crippen molar-refractivity contribution in [1.29, 1.82) is 0 Å². The fourth-order valence-corrected chi connectivity index (χ4v) is 3.72. The lowest BCUT2D eigenvalue weighted by Gasteiger charge is -2.31. The van der Waals surface area contributed by atoms with E-state index < -0.39 is 0 Å². The SMILES string of the molecule is CCC(CC)(Cn1c(C(C)Cl)nc2c(F)cccc21)SC. The summed E-state index contributed by atoms with van der Waals surface area (Å²) in [5, 5.41) is -0.245. The lowest BCUT2D eigenvalue weighted by Crippen LogP contribution is -2.29. The molecule has 0 aliphatic carbocycles. The molecule has 21 heavy (non-hydrogen) atoms. The molecule has 0 aliphatic rings. The Bertz CT molecular complexity index is 612. The summed E-state index contributed by atoms with van der Waals surface area (Å²) in [6.07, 6.45) is 4.24. The predicted molar refractivity (Wildman–Crippen MR) is 90.8 cm³/mol. The zero-order chi connectivity index (χ0) is 15.6. The molecule has 1 aromatic heterocycles. The van der Waals surface area contributed by atoms with Crippen molar-refractivity contribution in [3.05, 3.63) is 29.8 Å². The van der Waals surface area contributed by atoms with Crippen LogP contribution < -0.4 is 0 Å². The van der Waals surface area contributed by atoms with Gasteiger partial charge in [-0.2, -0.15) is 11.8 Å². The van der Waals surface area contributed by atoms with E-state index in [2.05, 4.69) is 29.7 Å². The molecule has 1 aromatic carbocycles. The van der Waals surface area contributed by atoms with Crippen LogP contribution in [-0.2, 0) is 6.54 Å². The van der Waals surface area contributed by atoms with Gasteiger partial charge in [0.05, 0.1) is 10.9 Å². The van der Waals surface area contributed by atoms with Crippen molar-refractivity contribution in [3.8, 4) is 0 Å². The van der Waals surface area contributed by atoms with Crippen LogP contribution in [0, 0.1) is 5.82 Å². The highest BCUT2D eigenvalue weighted by Gasteiger charge is 2.28. The Balaban J connectivity index is 2.61. The summed E-state index contributed by atoms with van der Waals surface area (Å²) in [4.78, 5) is 4.45. The summed E-state index contributed by atoms with van der Waals surface area (Å²) in [6, 6.07) is 5.10. The number of imidazole rings is 1. The maximum absolute atomic E-state index is 14.0. The molecular formula is C16H22ClFN2S. The third-order valence-corrected chi connectivity index (χ3v) is 6.05. The molecule has 0 saturated carbocycles. The third kappa shape index (κ3) is 3.07. The number of para-hydroxylation sites is 1. The number of nitrogens with zero attached hydrogens (tertiary/aromatic N) is 2. The zero-order valence-corrected chi connectivity index (χ0v) is 14.6. The molecule has 1 unspecified atom stereocenters. The van der Waals surface area contributed by atoms with Crippen LogP contribution in [0.15, 0.2) is 18.2 Å². The largest absolute Gasteiger partial charge is 0.325 e. The Labute approximate surface area is 135 Å². The molecule has 0 fully saturated rings. The predicted octanol–water partition coefficient (Wildman–Crippen LogP) is 5.40. The molecular weight excluding hydrogens is 307 g/mol. The standard InChI is InChI=1S/C16H22ClFN2S/c1-5-16(6-2,21-4)10-20-13-9-7-8-12(18)14(13)19-15(20)11(3)17/h7-9,11H,5-6,10H2,1-4H3. The topological polar surface area (TPSA) is 17.8 Å². The molecule has 1 atom stereocenters. The van der Waals surface area contributed by atoms with Crippen molar-refractivity contribution < 1.29 is 4.39 Å². The molecule has 0 aliphatic heterocycles. The highest BCUT2D eigenvalue weighted by Crippen LogP contribution is 2.35. The van der Waals surface area contributed by atoms with Gasteiger partial charge in [0, 0.05) is 11.3 Å². The normalized spacial score (nSPS) is 13.8. The van der Waals surface area contributed by atoms with Gasteiger partial charge in [0.1, 0.15) is 11.3 Å². The van der Waals surface area contributed by atoms with Crippen LogP contribution in [0.2, 0.25) is 0 Å². The van der Waals surface area contributed by atoms with Crippen molar-refractivity contribution in [3.63, 3.8) is 0 Å². The van der Waals surface area contributed by atoms with Gasteiger partial charge in [-0.25, -0.2) is 9.37 Å². The van der Waals surface area contributed by atoms with E-state index in [1.165, 1.54) is 6.07 Å². The fourth-order valence-electron chi connectivity index (χ4n) is 2.72. The molecule has 116 valence electrons. The van der Waals surface area contributed by atoms with Crippen molar-refractivity contribution in [1.82, 2.24) is 9.55 Å². The van der Waals surface area contributed by atoms with Crippen LogP contribution in [0.25, 0.3) is 11.0 Å². The molecule has 1 heterocycles. The van der Waals surface area contributed by atoms with Gasteiger partial charge in [-0.15, -0.1) is 11.6 Å². The molecule has 0 saturated heterocycles. The van der Waals surface area contributed by atoms with Gasteiger partial charge in [0.2, 0.25) is 0 Å². The summed E-state index contributed by atoms with van der Waals surface area (Å²) in [6.45, 7) is 7.08. The Morgan fingerprint density at radius 3 is 2.57 bits per heavy atom. The quantitative estimate of drug-likeness (QED) is 0.661. The van der Waals surface area contributed by atoms with Crippen LogP contribution in [0.1, 0.15) is 44.8 Å². The average Bonchev–Trinajstić information content (AvgIpc) is 2.85. The minimum Gasteiger partial charge on any atom is -0.325 e. The molecule has 0 N–H and O–H groups in total. The second kappa shape index (κ2) is 6.57. The zero-order valence-electron chi connectivity index (χ0n) is 13.0. The third-order valence-electron chi connectivity index (χ3n) is 4.28. The number of aromatic nitrogens is 2. The number of benzene rings is 1. The number of alkyl halides is 1. The number of hydrogen-bond donors (Lipinski definition) is 0. The minimum atomic E-state index is -0.285. The van der Waals surface area contributed by atoms with E-state index in [1.807, 2.05) is 24.8 Å². The Morgan fingerprint density at radius 1 is 1.38 bits per heavy atom. The van der Waals surface area contributed by atoms with Crippen LogP contribution >= 0.6 is 23.4 Å². The van der Waals surface area contributed by atoms with E-state index in [4.69, 9.17) is 11.6 Å². The smallest absolute Gasteiger partial charge is 0.151 e. The van der Waals surface area contributed by atoms with Crippen molar-refractivity contribution in [2.24, 2.45) is 0 Å². The monoisotopic (exact) mass is 328 g/mol. The molecule has 0 amide bonds. The van der Waals surface area contributed by atoms with Crippen LogP contribution in [0.3, 0.4) is 0 Å². The fraction of sp³-hybridized carbons (Fsp3) is 0.562. The van der Waals surface area contributed by atoms with Crippen molar-refractivity contribution in [2.75, 3.05) is 6.26 Å². The van der Waals surface area contributed by atoms with Gasteiger partial charge >= 0.3 is 0 Å². The summed E-state index contributed by atoms with van der Waals surface area (Å²) in [5.41, 5.74) is 1.25. The first-order valence-electron chi connectivity index (χ1n) is 7.32. The van der Waals surface area contributed by atoms with Crippen LogP contribution in [-0.4, -0.2) is 20.6 Å². The van der Waals surface area contributed by atoms with Crippen molar-refractivity contribution in [2.45, 2.75) is 50.3 Å². The molecule has 2 rings (SSSR count). The lowest BCUT2D eigenvalue weighted by atomic mass is 10.0. The molecule has 0 bridgehead atoms. The Kier molecular flexibility index (Phi) is 5.20. The first-order chi connectivity index (χ1) is 9.98. The van der Waals surface area contributed by atoms with Gasteiger partial charge < -0.3 is 4.57 Å². The summed E-state index contributed by atoms with van der Waals surface area (Å²) in [7, 11) is 0. The first-order valence-corrected chi connectivity index (χ1v) is 8.98. The van der Waals surface area contributed by atoms with E-state index in [0.717, 1.165) is 30.7 Å². The number of thioether (sulfide) groups is 1. The molecule has 2 aromatic rings.